The predicted octanol–water partition coefficient (Wildman–Crippen LogP) is 3.98. The van der Waals surface area contributed by atoms with Crippen LogP contribution in [-0.4, -0.2) is 11.7 Å². The van der Waals surface area contributed by atoms with E-state index in [-0.39, 0.29) is 36.9 Å². The largest absolute Gasteiger partial charge is 0.352 e. The summed E-state index contributed by atoms with van der Waals surface area (Å²) in [5.41, 5.74) is 3.73. The number of benzene rings is 2. The Labute approximate surface area is 147 Å². The lowest BCUT2D eigenvalue weighted by molar-refractivity contribution is -0.121. The van der Waals surface area contributed by atoms with Gasteiger partial charge in [0, 0.05) is 30.5 Å². The van der Waals surface area contributed by atoms with Crippen molar-refractivity contribution in [3.05, 3.63) is 70.5 Å². The summed E-state index contributed by atoms with van der Waals surface area (Å²) in [7, 11) is 0. The van der Waals surface area contributed by atoms with Crippen molar-refractivity contribution < 1.29 is 14.0 Å². The molecule has 130 valence electrons. The quantitative estimate of drug-likeness (QED) is 0.809. The highest BCUT2D eigenvalue weighted by molar-refractivity contribution is 5.98. The van der Waals surface area contributed by atoms with E-state index in [0.29, 0.717) is 11.1 Å². The Kier molecular flexibility index (Phi) is 5.59. The Morgan fingerprint density at radius 2 is 1.72 bits per heavy atom. The molecule has 0 fully saturated rings. The molecule has 4 heteroatoms. The Balaban J connectivity index is 1.50. The summed E-state index contributed by atoms with van der Waals surface area (Å²) in [6, 6.07) is 12.2. The van der Waals surface area contributed by atoms with Crippen LogP contribution in [0.4, 0.5) is 4.39 Å². The number of ketones is 1. The number of amides is 1. The van der Waals surface area contributed by atoms with Crippen molar-refractivity contribution in [2.24, 2.45) is 0 Å². The standard InChI is InChI=1S/C21H22FNO2/c22-19-8-4-3-7-18(19)14-23-21(25)12-11-20(24)17-10-9-15-5-1-2-6-16(15)13-17/h3-4,7-10,13H,1-2,5-6,11-12,14H2,(H,23,25). The Morgan fingerprint density at radius 3 is 2.52 bits per heavy atom. The Hall–Kier alpha value is -2.49. The van der Waals surface area contributed by atoms with Crippen LogP contribution in [0.2, 0.25) is 0 Å². The fourth-order valence-corrected chi connectivity index (χ4v) is 3.20. The van der Waals surface area contributed by atoms with Crippen molar-refractivity contribution in [1.82, 2.24) is 5.32 Å². The summed E-state index contributed by atoms with van der Waals surface area (Å²) in [6.45, 7) is 0.137. The molecule has 1 N–H and O–H groups in total. The van der Waals surface area contributed by atoms with Crippen molar-refractivity contribution in [3.8, 4) is 0 Å². The highest BCUT2D eigenvalue weighted by Crippen LogP contribution is 2.23. The molecule has 0 aromatic heterocycles. The van der Waals surface area contributed by atoms with Crippen LogP contribution >= 0.6 is 0 Å². The lowest BCUT2D eigenvalue weighted by atomic mass is 9.89. The highest BCUT2D eigenvalue weighted by Gasteiger charge is 2.14. The summed E-state index contributed by atoms with van der Waals surface area (Å²) in [5, 5.41) is 2.67. The smallest absolute Gasteiger partial charge is 0.220 e. The van der Waals surface area contributed by atoms with Gasteiger partial charge in [0.25, 0.3) is 0 Å². The molecule has 2 aromatic rings. The molecule has 0 radical (unpaired) electrons. The van der Waals surface area contributed by atoms with E-state index in [1.165, 1.54) is 30.0 Å². The molecule has 25 heavy (non-hydrogen) atoms. The summed E-state index contributed by atoms with van der Waals surface area (Å²) in [6.07, 6.45) is 4.78. The second kappa shape index (κ2) is 8.06. The number of carbonyl (C=O) groups excluding carboxylic acids is 2. The minimum atomic E-state index is -0.340. The predicted molar refractivity (Wildman–Crippen MR) is 94.9 cm³/mol. The number of nitrogens with one attached hydrogen (secondary N) is 1. The molecular formula is C21H22FNO2. The van der Waals surface area contributed by atoms with E-state index in [9.17, 15) is 14.0 Å². The van der Waals surface area contributed by atoms with Gasteiger partial charge in [-0.25, -0.2) is 4.39 Å². The number of carbonyl (C=O) groups is 2. The molecule has 0 aliphatic heterocycles. The number of hydrogen-bond donors (Lipinski definition) is 1. The van der Waals surface area contributed by atoms with Gasteiger partial charge in [0.05, 0.1) is 0 Å². The van der Waals surface area contributed by atoms with E-state index in [2.05, 4.69) is 5.32 Å². The minimum absolute atomic E-state index is 0.0191. The number of hydrogen-bond acceptors (Lipinski definition) is 2. The lowest BCUT2D eigenvalue weighted by Gasteiger charge is -2.16. The molecule has 0 atom stereocenters. The Morgan fingerprint density at radius 1 is 0.960 bits per heavy atom. The highest BCUT2D eigenvalue weighted by atomic mass is 19.1. The first-order valence-electron chi connectivity index (χ1n) is 8.78. The molecule has 1 aliphatic carbocycles. The van der Waals surface area contributed by atoms with Gasteiger partial charge in [-0.2, -0.15) is 0 Å². The monoisotopic (exact) mass is 339 g/mol. The fourth-order valence-electron chi connectivity index (χ4n) is 3.20. The maximum atomic E-state index is 13.5. The molecule has 3 rings (SSSR count). The number of fused-ring (bicyclic) bond motifs is 1. The van der Waals surface area contributed by atoms with Crippen molar-refractivity contribution >= 4 is 11.7 Å². The van der Waals surface area contributed by atoms with Crippen LogP contribution in [0, 0.1) is 5.82 Å². The third kappa shape index (κ3) is 4.53. The van der Waals surface area contributed by atoms with Crippen LogP contribution < -0.4 is 5.32 Å². The molecular weight excluding hydrogens is 317 g/mol. The van der Waals surface area contributed by atoms with Crippen LogP contribution in [0.25, 0.3) is 0 Å². The first-order valence-corrected chi connectivity index (χ1v) is 8.78. The second-order valence-corrected chi connectivity index (χ2v) is 6.48. The topological polar surface area (TPSA) is 46.2 Å². The van der Waals surface area contributed by atoms with Gasteiger partial charge in [0.1, 0.15) is 5.82 Å². The zero-order valence-corrected chi connectivity index (χ0v) is 14.2. The number of halogens is 1. The van der Waals surface area contributed by atoms with Gasteiger partial charge in [0.15, 0.2) is 5.78 Å². The maximum Gasteiger partial charge on any atom is 0.220 e. The summed E-state index contributed by atoms with van der Waals surface area (Å²) in [4.78, 5) is 24.2. The third-order valence-electron chi connectivity index (χ3n) is 4.68. The summed E-state index contributed by atoms with van der Waals surface area (Å²) in [5.74, 6) is -0.600. The first kappa shape index (κ1) is 17.3. The molecule has 1 aliphatic rings. The van der Waals surface area contributed by atoms with Gasteiger partial charge in [-0.15, -0.1) is 0 Å². The van der Waals surface area contributed by atoms with Crippen LogP contribution in [0.5, 0.6) is 0 Å². The summed E-state index contributed by atoms with van der Waals surface area (Å²) >= 11 is 0. The van der Waals surface area contributed by atoms with Crippen molar-refractivity contribution in [2.45, 2.75) is 45.1 Å². The van der Waals surface area contributed by atoms with E-state index in [1.807, 2.05) is 18.2 Å². The van der Waals surface area contributed by atoms with Crippen molar-refractivity contribution in [2.75, 3.05) is 0 Å². The van der Waals surface area contributed by atoms with Gasteiger partial charge in [-0.3, -0.25) is 9.59 Å². The van der Waals surface area contributed by atoms with E-state index < -0.39 is 0 Å². The van der Waals surface area contributed by atoms with E-state index in [0.717, 1.165) is 12.8 Å². The molecule has 3 nitrogen and oxygen atoms in total. The van der Waals surface area contributed by atoms with Crippen molar-refractivity contribution in [3.63, 3.8) is 0 Å². The van der Waals surface area contributed by atoms with Crippen molar-refractivity contribution in [1.29, 1.82) is 0 Å². The van der Waals surface area contributed by atoms with Gasteiger partial charge < -0.3 is 5.32 Å². The zero-order chi connectivity index (χ0) is 17.6. The van der Waals surface area contributed by atoms with Gasteiger partial charge in [-0.05, 0) is 48.9 Å². The molecule has 0 unspecified atom stereocenters. The molecule has 0 saturated carbocycles. The molecule has 0 spiro atoms. The zero-order valence-electron chi connectivity index (χ0n) is 14.2. The fraction of sp³-hybridized carbons (Fsp3) is 0.333. The average Bonchev–Trinajstić information content (AvgIpc) is 2.65. The Bertz CT molecular complexity index is 785. The lowest BCUT2D eigenvalue weighted by Crippen LogP contribution is -2.23. The second-order valence-electron chi connectivity index (χ2n) is 6.48. The molecule has 0 bridgehead atoms. The SMILES string of the molecule is O=C(CCC(=O)c1ccc2c(c1)CCCC2)NCc1ccccc1F. The molecule has 0 heterocycles. The van der Waals surface area contributed by atoms with Gasteiger partial charge in [-0.1, -0.05) is 30.3 Å². The maximum absolute atomic E-state index is 13.5. The number of Topliss-reactive ketones (excluding diaryl/α,β-unsaturated/α-hetero) is 1. The molecule has 2 aromatic carbocycles. The van der Waals surface area contributed by atoms with Crippen LogP contribution in [0.3, 0.4) is 0 Å². The van der Waals surface area contributed by atoms with Gasteiger partial charge >= 0.3 is 0 Å². The average molecular weight is 339 g/mol. The van der Waals surface area contributed by atoms with E-state index >= 15 is 0 Å². The minimum Gasteiger partial charge on any atom is -0.352 e. The number of aryl methyl sites for hydroxylation is 2. The van der Waals surface area contributed by atoms with E-state index in [1.54, 1.807) is 18.2 Å². The first-order chi connectivity index (χ1) is 12.1. The van der Waals surface area contributed by atoms with Gasteiger partial charge in [0.2, 0.25) is 5.91 Å². The third-order valence-corrected chi connectivity index (χ3v) is 4.68. The van der Waals surface area contributed by atoms with Crippen LogP contribution in [0.15, 0.2) is 42.5 Å². The number of rotatable bonds is 6. The molecule has 0 saturated heterocycles. The van der Waals surface area contributed by atoms with E-state index in [4.69, 9.17) is 0 Å². The van der Waals surface area contributed by atoms with Crippen LogP contribution in [0.1, 0.15) is 52.7 Å². The normalized spacial score (nSPS) is 13.2. The van der Waals surface area contributed by atoms with Crippen LogP contribution in [-0.2, 0) is 24.2 Å². The molecule has 1 amide bonds. The summed E-state index contributed by atoms with van der Waals surface area (Å²) < 4.78 is 13.5.